The largest absolute Gasteiger partial charge is 0.320 e. The molecule has 0 saturated heterocycles. The molecule has 5 nitrogen and oxygen atoms in total. The Labute approximate surface area is 140 Å². The first-order valence-electron chi connectivity index (χ1n) is 8.18. The molecule has 5 heteroatoms. The van der Waals surface area contributed by atoms with Gasteiger partial charge in [0, 0.05) is 6.42 Å². The van der Waals surface area contributed by atoms with E-state index < -0.39 is 0 Å². The first-order valence-corrected chi connectivity index (χ1v) is 8.18. The third-order valence-corrected chi connectivity index (χ3v) is 4.31. The molecule has 4 rings (SSSR count). The average Bonchev–Trinajstić information content (AvgIpc) is 3.27. The Hall–Kier alpha value is -2.95. The Balaban J connectivity index is 1.52. The lowest BCUT2D eigenvalue weighted by Crippen LogP contribution is -2.07. The zero-order valence-corrected chi connectivity index (χ0v) is 13.6. The number of rotatable bonds is 5. The van der Waals surface area contributed by atoms with E-state index in [0.29, 0.717) is 0 Å². The van der Waals surface area contributed by atoms with Gasteiger partial charge in [0.2, 0.25) is 0 Å². The molecule has 0 aliphatic carbocycles. The fourth-order valence-corrected chi connectivity index (χ4v) is 2.93. The minimum atomic E-state index is 0.0409. The summed E-state index contributed by atoms with van der Waals surface area (Å²) in [6, 6.07) is 18.6. The minimum Gasteiger partial charge on any atom is -0.320 e. The van der Waals surface area contributed by atoms with Gasteiger partial charge < -0.3 is 4.57 Å². The molecule has 0 radical (unpaired) electrons. The number of hydrogen-bond donors (Lipinski definition) is 1. The van der Waals surface area contributed by atoms with Crippen LogP contribution < -0.4 is 0 Å². The molecular weight excluding hydrogens is 298 g/mol. The van der Waals surface area contributed by atoms with Crippen LogP contribution in [0.4, 0.5) is 0 Å². The van der Waals surface area contributed by atoms with Crippen LogP contribution in [-0.2, 0) is 12.8 Å². The summed E-state index contributed by atoms with van der Waals surface area (Å²) in [7, 11) is 0. The highest BCUT2D eigenvalue weighted by atomic mass is 15.2. The summed E-state index contributed by atoms with van der Waals surface area (Å²) >= 11 is 0. The van der Waals surface area contributed by atoms with E-state index in [9.17, 15) is 0 Å². The summed E-state index contributed by atoms with van der Waals surface area (Å²) in [5.74, 6) is 1.71. The number of aryl methyl sites for hydroxylation is 2. The van der Waals surface area contributed by atoms with Gasteiger partial charge in [-0.05, 0) is 31.0 Å². The molecule has 2 aromatic heterocycles. The van der Waals surface area contributed by atoms with Gasteiger partial charge in [-0.3, -0.25) is 5.10 Å². The number of fused-ring (bicyclic) bond motifs is 1. The van der Waals surface area contributed by atoms with Crippen LogP contribution in [0.1, 0.15) is 30.2 Å². The summed E-state index contributed by atoms with van der Waals surface area (Å²) in [4.78, 5) is 9.12. The molecule has 0 unspecified atom stereocenters. The Morgan fingerprint density at radius 2 is 1.79 bits per heavy atom. The number of para-hydroxylation sites is 2. The Bertz CT molecular complexity index is 938. The van der Waals surface area contributed by atoms with Crippen molar-refractivity contribution in [2.45, 2.75) is 25.8 Å². The maximum atomic E-state index is 4.67. The van der Waals surface area contributed by atoms with Crippen molar-refractivity contribution in [1.82, 2.24) is 24.7 Å². The summed E-state index contributed by atoms with van der Waals surface area (Å²) < 4.78 is 2.11. The van der Waals surface area contributed by atoms with Crippen LogP contribution in [-0.4, -0.2) is 24.7 Å². The smallest absolute Gasteiger partial charge is 0.173 e. The zero-order chi connectivity index (χ0) is 16.4. The molecule has 2 aromatic carbocycles. The maximum absolute atomic E-state index is 4.67. The van der Waals surface area contributed by atoms with Crippen molar-refractivity contribution in [3.63, 3.8) is 0 Å². The van der Waals surface area contributed by atoms with Crippen molar-refractivity contribution in [2.75, 3.05) is 0 Å². The summed E-state index contributed by atoms with van der Waals surface area (Å²) in [6.45, 7) is 2.10. The topological polar surface area (TPSA) is 59.4 Å². The van der Waals surface area contributed by atoms with E-state index in [1.165, 1.54) is 5.56 Å². The van der Waals surface area contributed by atoms with Gasteiger partial charge in [0.05, 0.1) is 23.4 Å². The molecule has 4 aromatic rings. The normalized spacial score (nSPS) is 12.5. The molecule has 2 heterocycles. The zero-order valence-electron chi connectivity index (χ0n) is 13.6. The molecule has 120 valence electrons. The van der Waals surface area contributed by atoms with Crippen molar-refractivity contribution in [3.8, 4) is 0 Å². The fourth-order valence-electron chi connectivity index (χ4n) is 2.93. The number of aromatic nitrogens is 5. The molecule has 0 spiro atoms. The van der Waals surface area contributed by atoms with Crippen LogP contribution in [0.5, 0.6) is 0 Å². The van der Waals surface area contributed by atoms with Crippen LogP contribution in [0.3, 0.4) is 0 Å². The van der Waals surface area contributed by atoms with Crippen LogP contribution in [0.25, 0.3) is 11.0 Å². The summed E-state index contributed by atoms with van der Waals surface area (Å²) in [5, 5.41) is 7.48. The lowest BCUT2D eigenvalue weighted by molar-refractivity contribution is 0.617. The molecule has 24 heavy (non-hydrogen) atoms. The minimum absolute atomic E-state index is 0.0409. The summed E-state index contributed by atoms with van der Waals surface area (Å²) in [6.07, 6.45) is 3.67. The Morgan fingerprint density at radius 1 is 1.00 bits per heavy atom. The van der Waals surface area contributed by atoms with Crippen molar-refractivity contribution in [3.05, 3.63) is 78.1 Å². The molecule has 0 aliphatic rings. The Kier molecular flexibility index (Phi) is 3.83. The van der Waals surface area contributed by atoms with Gasteiger partial charge in [-0.25, -0.2) is 9.97 Å². The first-order chi connectivity index (χ1) is 11.8. The predicted octanol–water partition coefficient (Wildman–Crippen LogP) is 3.55. The third-order valence-electron chi connectivity index (χ3n) is 4.31. The highest BCUT2D eigenvalue weighted by molar-refractivity contribution is 5.75. The standard InChI is InChI=1S/C19H19N5/c1-14(24-13-20-16-9-5-6-10-17(16)24)19-21-18(22-23-19)12-11-15-7-3-2-4-8-15/h2-10,13-14H,11-12H2,1H3,(H,21,22,23)/t14-/m0/s1. The molecule has 0 amide bonds. The van der Waals surface area contributed by atoms with Gasteiger partial charge in [0.15, 0.2) is 5.82 Å². The second-order valence-electron chi connectivity index (χ2n) is 5.94. The van der Waals surface area contributed by atoms with Crippen molar-refractivity contribution < 1.29 is 0 Å². The van der Waals surface area contributed by atoms with E-state index in [-0.39, 0.29) is 6.04 Å². The van der Waals surface area contributed by atoms with Gasteiger partial charge in [-0.2, -0.15) is 5.10 Å². The first kappa shape index (κ1) is 14.6. The number of H-pyrrole nitrogens is 1. The van der Waals surface area contributed by atoms with E-state index in [1.54, 1.807) is 0 Å². The Morgan fingerprint density at radius 3 is 2.67 bits per heavy atom. The van der Waals surface area contributed by atoms with Crippen molar-refractivity contribution in [2.24, 2.45) is 0 Å². The van der Waals surface area contributed by atoms with Crippen molar-refractivity contribution >= 4 is 11.0 Å². The van der Waals surface area contributed by atoms with Gasteiger partial charge in [0.25, 0.3) is 0 Å². The van der Waals surface area contributed by atoms with Crippen LogP contribution >= 0.6 is 0 Å². The van der Waals surface area contributed by atoms with E-state index >= 15 is 0 Å². The van der Waals surface area contributed by atoms with Gasteiger partial charge in [0.1, 0.15) is 5.82 Å². The summed E-state index contributed by atoms with van der Waals surface area (Å²) in [5.41, 5.74) is 3.40. The molecule has 0 aliphatic heterocycles. The SMILES string of the molecule is C[C@@H](c1n[nH]c(CCc2ccccc2)n1)n1cnc2ccccc21. The number of nitrogens with zero attached hydrogens (tertiary/aromatic N) is 4. The third kappa shape index (κ3) is 2.80. The van der Waals surface area contributed by atoms with E-state index in [1.807, 2.05) is 30.6 Å². The number of nitrogens with one attached hydrogen (secondary N) is 1. The molecule has 1 N–H and O–H groups in total. The number of aromatic amines is 1. The van der Waals surface area contributed by atoms with E-state index in [0.717, 1.165) is 35.5 Å². The van der Waals surface area contributed by atoms with E-state index in [4.69, 9.17) is 0 Å². The van der Waals surface area contributed by atoms with Gasteiger partial charge in [-0.15, -0.1) is 0 Å². The van der Waals surface area contributed by atoms with Crippen LogP contribution in [0.15, 0.2) is 60.9 Å². The lowest BCUT2D eigenvalue weighted by Gasteiger charge is -2.10. The van der Waals surface area contributed by atoms with Crippen LogP contribution in [0.2, 0.25) is 0 Å². The lowest BCUT2D eigenvalue weighted by atomic mass is 10.1. The quantitative estimate of drug-likeness (QED) is 0.612. The molecule has 0 bridgehead atoms. The van der Waals surface area contributed by atoms with E-state index in [2.05, 4.69) is 62.0 Å². The second kappa shape index (κ2) is 6.28. The van der Waals surface area contributed by atoms with Crippen LogP contribution in [0, 0.1) is 0 Å². The molecule has 0 fully saturated rings. The number of hydrogen-bond acceptors (Lipinski definition) is 3. The monoisotopic (exact) mass is 317 g/mol. The maximum Gasteiger partial charge on any atom is 0.173 e. The highest BCUT2D eigenvalue weighted by Crippen LogP contribution is 2.21. The molecule has 0 saturated carbocycles. The van der Waals surface area contributed by atoms with Gasteiger partial charge >= 0.3 is 0 Å². The second-order valence-corrected chi connectivity index (χ2v) is 5.94. The number of benzene rings is 2. The van der Waals surface area contributed by atoms with Gasteiger partial charge in [-0.1, -0.05) is 42.5 Å². The average molecular weight is 317 g/mol. The predicted molar refractivity (Wildman–Crippen MR) is 93.8 cm³/mol. The molecular formula is C19H19N5. The fraction of sp³-hybridized carbons (Fsp3) is 0.211. The highest BCUT2D eigenvalue weighted by Gasteiger charge is 2.15. The van der Waals surface area contributed by atoms with Crippen molar-refractivity contribution in [1.29, 1.82) is 0 Å². The number of imidazole rings is 1. The molecule has 1 atom stereocenters.